The fourth-order valence-electron chi connectivity index (χ4n) is 1.52. The minimum atomic E-state index is -4.51. The van der Waals surface area contributed by atoms with E-state index in [0.29, 0.717) is 10.9 Å². The Morgan fingerprint density at radius 1 is 1.12 bits per heavy atom. The lowest BCUT2D eigenvalue weighted by Gasteiger charge is -2.08. The quantitative estimate of drug-likeness (QED) is 0.641. The van der Waals surface area contributed by atoms with Crippen molar-refractivity contribution in [3.63, 3.8) is 0 Å². The normalized spacial score (nSPS) is 11.8. The SMILES string of the molecule is Cc1ccsc1-c1ccc(C(F)(F)F)cc1F. The van der Waals surface area contributed by atoms with Crippen molar-refractivity contribution in [2.24, 2.45) is 0 Å². The van der Waals surface area contributed by atoms with Gasteiger partial charge >= 0.3 is 6.18 Å². The summed E-state index contributed by atoms with van der Waals surface area (Å²) in [6.07, 6.45) is -4.51. The lowest BCUT2D eigenvalue weighted by molar-refractivity contribution is -0.137. The second-order valence-corrected chi connectivity index (χ2v) is 4.54. The molecule has 0 amide bonds. The molecule has 0 aliphatic carbocycles. The molecule has 0 N–H and O–H groups in total. The molecule has 5 heteroatoms. The number of halogens is 4. The maximum Gasteiger partial charge on any atom is 0.416 e. The highest BCUT2D eigenvalue weighted by Crippen LogP contribution is 2.35. The Balaban J connectivity index is 2.50. The van der Waals surface area contributed by atoms with Gasteiger partial charge in [0.15, 0.2) is 0 Å². The molecule has 0 radical (unpaired) electrons. The maximum absolute atomic E-state index is 13.6. The van der Waals surface area contributed by atoms with E-state index in [1.807, 2.05) is 0 Å². The Bertz CT molecular complexity index is 540. The van der Waals surface area contributed by atoms with Gasteiger partial charge in [0, 0.05) is 10.4 Å². The van der Waals surface area contributed by atoms with E-state index in [4.69, 9.17) is 0 Å². The third-order valence-electron chi connectivity index (χ3n) is 2.40. The molecule has 0 spiro atoms. The van der Waals surface area contributed by atoms with Crippen LogP contribution < -0.4 is 0 Å². The third-order valence-corrected chi connectivity index (χ3v) is 3.45. The van der Waals surface area contributed by atoms with Crippen molar-refractivity contribution >= 4 is 11.3 Å². The minimum Gasteiger partial charge on any atom is -0.206 e. The molecule has 0 saturated carbocycles. The Morgan fingerprint density at radius 2 is 1.82 bits per heavy atom. The van der Waals surface area contributed by atoms with Crippen LogP contribution in [0.2, 0.25) is 0 Å². The van der Waals surface area contributed by atoms with Crippen LogP contribution >= 0.6 is 11.3 Å². The second-order valence-electron chi connectivity index (χ2n) is 3.63. The zero-order valence-electron chi connectivity index (χ0n) is 8.81. The molecule has 0 nitrogen and oxygen atoms in total. The van der Waals surface area contributed by atoms with E-state index in [9.17, 15) is 17.6 Å². The topological polar surface area (TPSA) is 0 Å². The first-order valence-corrected chi connectivity index (χ1v) is 5.69. The van der Waals surface area contributed by atoms with Crippen LogP contribution in [-0.4, -0.2) is 0 Å². The van der Waals surface area contributed by atoms with E-state index in [-0.39, 0.29) is 5.56 Å². The van der Waals surface area contributed by atoms with Gasteiger partial charge in [0.1, 0.15) is 5.82 Å². The molecule has 1 heterocycles. The predicted molar refractivity (Wildman–Crippen MR) is 59.5 cm³/mol. The van der Waals surface area contributed by atoms with Crippen LogP contribution in [-0.2, 0) is 6.18 Å². The van der Waals surface area contributed by atoms with Crippen LogP contribution in [0.15, 0.2) is 29.6 Å². The molecule has 0 saturated heterocycles. The Hall–Kier alpha value is -1.36. The van der Waals surface area contributed by atoms with Gasteiger partial charge in [-0.15, -0.1) is 11.3 Å². The van der Waals surface area contributed by atoms with Gasteiger partial charge in [-0.25, -0.2) is 4.39 Å². The monoisotopic (exact) mass is 260 g/mol. The summed E-state index contributed by atoms with van der Waals surface area (Å²) in [5, 5.41) is 1.78. The molecule has 0 atom stereocenters. The van der Waals surface area contributed by atoms with Crippen molar-refractivity contribution in [1.29, 1.82) is 0 Å². The van der Waals surface area contributed by atoms with Crippen molar-refractivity contribution < 1.29 is 17.6 Å². The van der Waals surface area contributed by atoms with E-state index in [1.54, 1.807) is 18.4 Å². The third kappa shape index (κ3) is 2.34. The molecule has 0 aliphatic rings. The highest BCUT2D eigenvalue weighted by atomic mass is 32.1. The van der Waals surface area contributed by atoms with Crippen LogP contribution in [0.4, 0.5) is 17.6 Å². The lowest BCUT2D eigenvalue weighted by atomic mass is 10.1. The molecule has 17 heavy (non-hydrogen) atoms. The van der Waals surface area contributed by atoms with Crippen molar-refractivity contribution in [2.75, 3.05) is 0 Å². The van der Waals surface area contributed by atoms with Crippen molar-refractivity contribution in [2.45, 2.75) is 13.1 Å². The number of rotatable bonds is 1. The summed E-state index contributed by atoms with van der Waals surface area (Å²) in [6, 6.07) is 4.42. The summed E-state index contributed by atoms with van der Waals surface area (Å²) in [4.78, 5) is 0.663. The van der Waals surface area contributed by atoms with Gasteiger partial charge in [-0.05, 0) is 36.1 Å². The zero-order chi connectivity index (χ0) is 12.6. The summed E-state index contributed by atoms with van der Waals surface area (Å²) in [5.74, 6) is -0.842. The maximum atomic E-state index is 13.6. The largest absolute Gasteiger partial charge is 0.416 e. The molecule has 2 aromatic rings. The smallest absolute Gasteiger partial charge is 0.206 e. The standard InChI is InChI=1S/C12H8F4S/c1-7-4-5-17-11(7)9-3-2-8(6-10(9)13)12(14,15)16/h2-6H,1H3. The Morgan fingerprint density at radius 3 is 2.29 bits per heavy atom. The molecular formula is C12H8F4S. The van der Waals surface area contributed by atoms with Gasteiger partial charge in [0.25, 0.3) is 0 Å². The summed E-state index contributed by atoms with van der Waals surface area (Å²) < 4.78 is 50.7. The zero-order valence-corrected chi connectivity index (χ0v) is 9.62. The highest BCUT2D eigenvalue weighted by molar-refractivity contribution is 7.13. The Labute approximate surface area is 99.5 Å². The number of benzene rings is 1. The number of alkyl halides is 3. The van der Waals surface area contributed by atoms with E-state index in [0.717, 1.165) is 11.6 Å². The number of aryl methyl sites for hydroxylation is 1. The fourth-order valence-corrected chi connectivity index (χ4v) is 2.48. The average Bonchev–Trinajstić information content (AvgIpc) is 2.63. The number of hydrogen-bond donors (Lipinski definition) is 0. The van der Waals surface area contributed by atoms with Gasteiger partial charge in [-0.1, -0.05) is 6.07 Å². The summed E-state index contributed by atoms with van der Waals surface area (Å²) in [6.45, 7) is 1.79. The van der Waals surface area contributed by atoms with Gasteiger partial charge in [0.05, 0.1) is 5.56 Å². The van der Waals surface area contributed by atoms with E-state index in [2.05, 4.69) is 0 Å². The van der Waals surface area contributed by atoms with Crippen LogP contribution in [0.5, 0.6) is 0 Å². The minimum absolute atomic E-state index is 0.213. The van der Waals surface area contributed by atoms with Crippen molar-refractivity contribution in [3.05, 3.63) is 46.6 Å². The molecule has 2 rings (SSSR count). The van der Waals surface area contributed by atoms with Gasteiger partial charge < -0.3 is 0 Å². The van der Waals surface area contributed by atoms with Gasteiger partial charge in [-0.2, -0.15) is 13.2 Å². The van der Waals surface area contributed by atoms with Gasteiger partial charge in [0.2, 0.25) is 0 Å². The first kappa shape index (κ1) is 12.1. The molecule has 0 bridgehead atoms. The van der Waals surface area contributed by atoms with Gasteiger partial charge in [-0.3, -0.25) is 0 Å². The molecule has 1 aromatic carbocycles. The molecule has 1 aromatic heterocycles. The predicted octanol–water partition coefficient (Wildman–Crippen LogP) is 4.88. The van der Waals surface area contributed by atoms with Crippen molar-refractivity contribution in [3.8, 4) is 10.4 Å². The molecular weight excluding hydrogens is 252 g/mol. The van der Waals surface area contributed by atoms with Crippen LogP contribution in [0.1, 0.15) is 11.1 Å². The van der Waals surface area contributed by atoms with Crippen molar-refractivity contribution in [1.82, 2.24) is 0 Å². The first-order chi connectivity index (χ1) is 7.89. The first-order valence-electron chi connectivity index (χ1n) is 4.81. The second kappa shape index (κ2) is 4.14. The van der Waals surface area contributed by atoms with Crippen LogP contribution in [0.3, 0.4) is 0 Å². The molecule has 0 aliphatic heterocycles. The number of hydrogen-bond acceptors (Lipinski definition) is 1. The summed E-state index contributed by atoms with van der Waals surface area (Å²) in [5.41, 5.74) is 0.104. The van der Waals surface area contributed by atoms with E-state index < -0.39 is 17.6 Å². The molecule has 0 unspecified atom stereocenters. The average molecular weight is 260 g/mol. The molecule has 90 valence electrons. The lowest BCUT2D eigenvalue weighted by Crippen LogP contribution is -2.05. The summed E-state index contributed by atoms with van der Waals surface area (Å²) in [7, 11) is 0. The summed E-state index contributed by atoms with van der Waals surface area (Å²) >= 11 is 1.31. The number of thiophene rings is 1. The highest BCUT2D eigenvalue weighted by Gasteiger charge is 2.31. The Kier molecular flexibility index (Phi) is 2.95. The van der Waals surface area contributed by atoms with Crippen LogP contribution in [0, 0.1) is 12.7 Å². The van der Waals surface area contributed by atoms with Crippen LogP contribution in [0.25, 0.3) is 10.4 Å². The fraction of sp³-hybridized carbons (Fsp3) is 0.167. The van der Waals surface area contributed by atoms with E-state index >= 15 is 0 Å². The van der Waals surface area contributed by atoms with E-state index in [1.165, 1.54) is 17.4 Å². The molecule has 0 fully saturated rings.